The average Bonchev–Trinajstić information content (AvgIpc) is 2.37. The molecule has 0 aromatic carbocycles. The molecule has 0 radical (unpaired) electrons. The molecule has 20 heavy (non-hydrogen) atoms. The Morgan fingerprint density at radius 1 is 1.30 bits per heavy atom. The van der Waals surface area contributed by atoms with Gasteiger partial charge in [-0.1, -0.05) is 20.8 Å². The van der Waals surface area contributed by atoms with Gasteiger partial charge in [0, 0.05) is 13.1 Å². The molecule has 0 amide bonds. The van der Waals surface area contributed by atoms with Crippen molar-refractivity contribution in [3.05, 3.63) is 23.4 Å². The number of carboxylic acid groups (broad SMARTS) is 1. The standard InChI is InChI=1S/C16H24N2O2/c1-11-13(15(19)20)5-6-14(17-11)18-9-7-12(8-10-18)16(2,3)4/h5-6,12H,7-10H2,1-4H3,(H,19,20). The Balaban J connectivity index is 2.08. The van der Waals surface area contributed by atoms with Crippen molar-refractivity contribution in [3.63, 3.8) is 0 Å². The largest absolute Gasteiger partial charge is 0.478 e. The lowest BCUT2D eigenvalue weighted by Crippen LogP contribution is -2.38. The lowest BCUT2D eigenvalue weighted by atomic mass is 9.75. The van der Waals surface area contributed by atoms with E-state index in [1.165, 1.54) is 12.8 Å². The zero-order chi connectivity index (χ0) is 14.9. The molecule has 2 heterocycles. The fourth-order valence-corrected chi connectivity index (χ4v) is 2.92. The predicted molar refractivity (Wildman–Crippen MR) is 80.3 cm³/mol. The molecule has 2 rings (SSSR count). The number of carboxylic acids is 1. The van der Waals surface area contributed by atoms with Crippen LogP contribution in [0.4, 0.5) is 5.82 Å². The van der Waals surface area contributed by atoms with Crippen LogP contribution in [0.3, 0.4) is 0 Å². The number of aromatic nitrogens is 1. The van der Waals surface area contributed by atoms with Gasteiger partial charge in [-0.05, 0) is 43.2 Å². The van der Waals surface area contributed by atoms with Gasteiger partial charge in [-0.2, -0.15) is 0 Å². The van der Waals surface area contributed by atoms with Crippen molar-refractivity contribution >= 4 is 11.8 Å². The summed E-state index contributed by atoms with van der Waals surface area (Å²) < 4.78 is 0. The first-order valence-electron chi connectivity index (χ1n) is 7.25. The molecule has 1 aliphatic heterocycles. The quantitative estimate of drug-likeness (QED) is 0.900. The summed E-state index contributed by atoms with van der Waals surface area (Å²) in [5, 5.41) is 9.04. The molecule has 4 nitrogen and oxygen atoms in total. The highest BCUT2D eigenvalue weighted by Crippen LogP contribution is 2.35. The summed E-state index contributed by atoms with van der Waals surface area (Å²) in [6.07, 6.45) is 2.34. The molecule has 0 atom stereocenters. The van der Waals surface area contributed by atoms with Crippen molar-refractivity contribution < 1.29 is 9.90 Å². The van der Waals surface area contributed by atoms with Crippen LogP contribution >= 0.6 is 0 Å². The van der Waals surface area contributed by atoms with E-state index in [2.05, 4.69) is 30.7 Å². The third kappa shape index (κ3) is 3.11. The summed E-state index contributed by atoms with van der Waals surface area (Å²) in [5.74, 6) is 0.742. The van der Waals surface area contributed by atoms with Gasteiger partial charge in [-0.25, -0.2) is 9.78 Å². The molecule has 1 fully saturated rings. The zero-order valence-electron chi connectivity index (χ0n) is 12.8. The molecule has 0 aliphatic carbocycles. The Bertz CT molecular complexity index is 498. The average molecular weight is 276 g/mol. The number of anilines is 1. The molecule has 0 saturated carbocycles. The van der Waals surface area contributed by atoms with Crippen LogP contribution < -0.4 is 4.90 Å². The van der Waals surface area contributed by atoms with E-state index in [0.29, 0.717) is 16.7 Å². The summed E-state index contributed by atoms with van der Waals surface area (Å²) in [6.45, 7) is 10.7. The van der Waals surface area contributed by atoms with Gasteiger partial charge in [0.15, 0.2) is 0 Å². The molecular weight excluding hydrogens is 252 g/mol. The van der Waals surface area contributed by atoms with Gasteiger partial charge in [0.25, 0.3) is 0 Å². The van der Waals surface area contributed by atoms with E-state index >= 15 is 0 Å². The second-order valence-corrected chi connectivity index (χ2v) is 6.73. The molecule has 0 bridgehead atoms. The molecule has 1 aliphatic rings. The summed E-state index contributed by atoms with van der Waals surface area (Å²) >= 11 is 0. The third-order valence-electron chi connectivity index (χ3n) is 4.35. The third-order valence-corrected chi connectivity index (χ3v) is 4.35. The summed E-state index contributed by atoms with van der Waals surface area (Å²) in [4.78, 5) is 17.7. The van der Waals surface area contributed by atoms with Crippen LogP contribution in [-0.2, 0) is 0 Å². The van der Waals surface area contributed by atoms with E-state index in [9.17, 15) is 4.79 Å². The van der Waals surface area contributed by atoms with E-state index in [-0.39, 0.29) is 0 Å². The normalized spacial score (nSPS) is 17.3. The van der Waals surface area contributed by atoms with Crippen LogP contribution in [-0.4, -0.2) is 29.1 Å². The van der Waals surface area contributed by atoms with Crippen LogP contribution in [0.25, 0.3) is 0 Å². The Morgan fingerprint density at radius 2 is 1.90 bits per heavy atom. The first kappa shape index (κ1) is 14.8. The number of hydrogen-bond acceptors (Lipinski definition) is 3. The summed E-state index contributed by atoms with van der Waals surface area (Å²) in [5.41, 5.74) is 1.24. The summed E-state index contributed by atoms with van der Waals surface area (Å²) in [7, 11) is 0. The number of carbonyl (C=O) groups is 1. The van der Waals surface area contributed by atoms with Crippen LogP contribution in [0.5, 0.6) is 0 Å². The van der Waals surface area contributed by atoms with Crippen molar-refractivity contribution in [2.24, 2.45) is 11.3 Å². The topological polar surface area (TPSA) is 53.4 Å². The Kier molecular flexibility index (Phi) is 4.02. The van der Waals surface area contributed by atoms with Gasteiger partial charge in [-0.15, -0.1) is 0 Å². The SMILES string of the molecule is Cc1nc(N2CCC(C(C)(C)C)CC2)ccc1C(=O)O. The van der Waals surface area contributed by atoms with Crippen LogP contribution in [0.2, 0.25) is 0 Å². The van der Waals surface area contributed by atoms with E-state index < -0.39 is 5.97 Å². The fourth-order valence-electron chi connectivity index (χ4n) is 2.92. The molecule has 1 saturated heterocycles. The van der Waals surface area contributed by atoms with Crippen LogP contribution in [0.1, 0.15) is 49.7 Å². The van der Waals surface area contributed by atoms with Gasteiger partial charge >= 0.3 is 5.97 Å². The number of aryl methyl sites for hydroxylation is 1. The van der Waals surface area contributed by atoms with Crippen LogP contribution in [0.15, 0.2) is 12.1 Å². The smallest absolute Gasteiger partial charge is 0.337 e. The Hall–Kier alpha value is -1.58. The number of aromatic carboxylic acids is 1. The Labute approximate surface area is 120 Å². The van der Waals surface area contributed by atoms with Gasteiger partial charge in [0.05, 0.1) is 11.3 Å². The molecule has 4 heteroatoms. The minimum atomic E-state index is -0.909. The molecule has 1 N–H and O–H groups in total. The van der Waals surface area contributed by atoms with Crippen molar-refractivity contribution in [1.82, 2.24) is 4.98 Å². The highest BCUT2D eigenvalue weighted by atomic mass is 16.4. The minimum Gasteiger partial charge on any atom is -0.478 e. The first-order chi connectivity index (χ1) is 9.29. The monoisotopic (exact) mass is 276 g/mol. The zero-order valence-corrected chi connectivity index (χ0v) is 12.8. The van der Waals surface area contributed by atoms with Crippen molar-refractivity contribution in [2.75, 3.05) is 18.0 Å². The highest BCUT2D eigenvalue weighted by Gasteiger charge is 2.29. The fraction of sp³-hybridized carbons (Fsp3) is 0.625. The van der Waals surface area contributed by atoms with E-state index in [1.54, 1.807) is 13.0 Å². The van der Waals surface area contributed by atoms with Gasteiger partial charge in [0.2, 0.25) is 0 Å². The molecule has 110 valence electrons. The molecule has 1 aromatic rings. The van der Waals surface area contributed by atoms with E-state index in [0.717, 1.165) is 24.8 Å². The predicted octanol–water partition coefficient (Wildman–Crippen LogP) is 3.35. The number of piperidine rings is 1. The van der Waals surface area contributed by atoms with Gasteiger partial charge in [-0.3, -0.25) is 0 Å². The first-order valence-corrected chi connectivity index (χ1v) is 7.25. The van der Waals surface area contributed by atoms with Gasteiger partial charge in [0.1, 0.15) is 5.82 Å². The number of nitrogens with zero attached hydrogens (tertiary/aromatic N) is 2. The highest BCUT2D eigenvalue weighted by molar-refractivity contribution is 5.89. The Morgan fingerprint density at radius 3 is 2.35 bits per heavy atom. The number of hydrogen-bond donors (Lipinski definition) is 1. The van der Waals surface area contributed by atoms with Crippen molar-refractivity contribution in [1.29, 1.82) is 0 Å². The van der Waals surface area contributed by atoms with Gasteiger partial charge < -0.3 is 10.0 Å². The van der Waals surface area contributed by atoms with E-state index in [1.807, 2.05) is 6.07 Å². The second kappa shape index (κ2) is 5.43. The lowest BCUT2D eigenvalue weighted by Gasteiger charge is -2.39. The summed E-state index contributed by atoms with van der Waals surface area (Å²) in [6, 6.07) is 3.49. The maximum absolute atomic E-state index is 11.0. The number of rotatable bonds is 2. The van der Waals surface area contributed by atoms with E-state index in [4.69, 9.17) is 5.11 Å². The maximum Gasteiger partial charge on any atom is 0.337 e. The number of pyridine rings is 1. The van der Waals surface area contributed by atoms with Crippen LogP contribution in [0, 0.1) is 18.3 Å². The molecule has 1 aromatic heterocycles. The second-order valence-electron chi connectivity index (χ2n) is 6.73. The lowest BCUT2D eigenvalue weighted by molar-refractivity contribution is 0.0695. The molecule has 0 spiro atoms. The van der Waals surface area contributed by atoms with Crippen molar-refractivity contribution in [3.8, 4) is 0 Å². The molecule has 0 unspecified atom stereocenters. The minimum absolute atomic E-state index is 0.290. The maximum atomic E-state index is 11.0. The molecular formula is C16H24N2O2. The van der Waals surface area contributed by atoms with Crippen molar-refractivity contribution in [2.45, 2.75) is 40.5 Å².